The Labute approximate surface area is 210 Å². The Morgan fingerprint density at radius 1 is 0.943 bits per heavy atom. The summed E-state index contributed by atoms with van der Waals surface area (Å²) in [4.78, 5) is 19.7. The molecule has 0 amide bonds. The maximum Gasteiger partial charge on any atom is 0.227 e. The lowest BCUT2D eigenvalue weighted by Crippen LogP contribution is -2.40. The van der Waals surface area contributed by atoms with E-state index in [0.717, 1.165) is 81.1 Å². The second-order valence-corrected chi connectivity index (χ2v) is 11.3. The van der Waals surface area contributed by atoms with Crippen molar-refractivity contribution in [2.45, 2.75) is 94.8 Å². The minimum atomic E-state index is 0.339. The lowest BCUT2D eigenvalue weighted by Gasteiger charge is -2.32. The molecule has 5 rings (SSSR count). The van der Waals surface area contributed by atoms with Crippen LogP contribution in [0.1, 0.15) is 76.7 Å². The highest BCUT2D eigenvalue weighted by Gasteiger charge is 2.26. The zero-order valence-electron chi connectivity index (χ0n) is 21.8. The van der Waals surface area contributed by atoms with E-state index in [1.54, 1.807) is 0 Å². The Morgan fingerprint density at radius 2 is 1.66 bits per heavy atom. The Kier molecular flexibility index (Phi) is 8.04. The van der Waals surface area contributed by atoms with Crippen molar-refractivity contribution in [3.8, 4) is 0 Å². The maximum absolute atomic E-state index is 6.15. The van der Waals surface area contributed by atoms with Gasteiger partial charge in [0.05, 0.1) is 6.33 Å². The number of hydrogen-bond acceptors (Lipinski definition) is 8. The van der Waals surface area contributed by atoms with Gasteiger partial charge in [0, 0.05) is 37.3 Å². The van der Waals surface area contributed by atoms with Crippen molar-refractivity contribution in [2.24, 2.45) is 5.73 Å². The summed E-state index contributed by atoms with van der Waals surface area (Å²) >= 11 is 0. The quantitative estimate of drug-likeness (QED) is 0.499. The molecule has 0 radical (unpaired) electrons. The Morgan fingerprint density at radius 3 is 2.37 bits per heavy atom. The number of rotatable bonds is 9. The van der Waals surface area contributed by atoms with Crippen LogP contribution in [-0.4, -0.2) is 87.7 Å². The van der Waals surface area contributed by atoms with Crippen LogP contribution in [0.5, 0.6) is 0 Å². The van der Waals surface area contributed by atoms with Crippen molar-refractivity contribution in [3.05, 3.63) is 6.33 Å². The van der Waals surface area contributed by atoms with Crippen molar-refractivity contribution in [2.75, 3.05) is 50.9 Å². The van der Waals surface area contributed by atoms with Gasteiger partial charge in [-0.15, -0.1) is 0 Å². The van der Waals surface area contributed by atoms with E-state index in [1.807, 2.05) is 6.33 Å². The number of hydrogen-bond donors (Lipinski definition) is 3. The van der Waals surface area contributed by atoms with Gasteiger partial charge in [0.25, 0.3) is 0 Å². The minimum Gasteiger partial charge on any atom is -0.365 e. The Bertz CT molecular complexity index is 936. The van der Waals surface area contributed by atoms with E-state index in [2.05, 4.69) is 39.1 Å². The normalized spacial score (nSPS) is 25.0. The van der Waals surface area contributed by atoms with E-state index in [1.165, 1.54) is 38.6 Å². The number of nitrogens with two attached hydrogens (primary N) is 1. The summed E-state index contributed by atoms with van der Waals surface area (Å²) in [7, 11) is 4.30. The van der Waals surface area contributed by atoms with Crippen LogP contribution in [0.2, 0.25) is 0 Å². The number of nitrogens with one attached hydrogen (secondary N) is 2. The topological polar surface area (TPSA) is 100 Å². The number of aromatic nitrogens is 4. The molecule has 2 saturated carbocycles. The summed E-state index contributed by atoms with van der Waals surface area (Å²) in [6, 6.07) is 1.67. The first kappa shape index (κ1) is 24.7. The van der Waals surface area contributed by atoms with E-state index in [0.29, 0.717) is 24.2 Å². The highest BCUT2D eigenvalue weighted by Crippen LogP contribution is 2.34. The Balaban J connectivity index is 1.29. The average Bonchev–Trinajstić information content (AvgIpc) is 3.51. The van der Waals surface area contributed by atoms with Crippen LogP contribution < -0.4 is 16.4 Å². The molecule has 2 aromatic heterocycles. The largest absolute Gasteiger partial charge is 0.365 e. The molecule has 0 bridgehead atoms. The van der Waals surface area contributed by atoms with Gasteiger partial charge in [-0.2, -0.15) is 9.97 Å². The minimum absolute atomic E-state index is 0.339. The van der Waals surface area contributed by atoms with Gasteiger partial charge in [0.1, 0.15) is 0 Å². The van der Waals surface area contributed by atoms with Gasteiger partial charge in [-0.3, -0.25) is 0 Å². The summed E-state index contributed by atoms with van der Waals surface area (Å²) in [6.45, 7) is 4.62. The number of nitrogens with zero attached hydrogens (tertiary/aromatic N) is 6. The van der Waals surface area contributed by atoms with Crippen LogP contribution in [0.25, 0.3) is 11.2 Å². The van der Waals surface area contributed by atoms with Gasteiger partial charge < -0.3 is 30.7 Å². The van der Waals surface area contributed by atoms with Crippen LogP contribution >= 0.6 is 0 Å². The van der Waals surface area contributed by atoms with E-state index < -0.39 is 0 Å². The zero-order chi connectivity index (χ0) is 24.2. The van der Waals surface area contributed by atoms with E-state index in [9.17, 15) is 0 Å². The third-order valence-corrected chi connectivity index (χ3v) is 8.25. The molecule has 35 heavy (non-hydrogen) atoms. The third kappa shape index (κ3) is 6.24. The maximum atomic E-state index is 6.15. The molecule has 9 nitrogen and oxygen atoms in total. The van der Waals surface area contributed by atoms with Crippen LogP contribution in [0.3, 0.4) is 0 Å². The van der Waals surface area contributed by atoms with Crippen molar-refractivity contribution in [1.29, 1.82) is 0 Å². The second-order valence-electron chi connectivity index (χ2n) is 11.3. The summed E-state index contributed by atoms with van der Waals surface area (Å²) in [5, 5.41) is 7.43. The first-order chi connectivity index (χ1) is 17.0. The van der Waals surface area contributed by atoms with Crippen LogP contribution in [0, 0.1) is 0 Å². The summed E-state index contributed by atoms with van der Waals surface area (Å²) in [5.74, 6) is 1.63. The van der Waals surface area contributed by atoms with E-state index in [-0.39, 0.29) is 0 Å². The SMILES string of the molecule is CN(C)CCCN1CCC(Nc2nc(NC3CCC(N)CC3)c3ncn(C4CCCC4)c3n2)CC1. The number of anilines is 2. The fourth-order valence-electron chi connectivity index (χ4n) is 6.08. The first-order valence-electron chi connectivity index (χ1n) is 14.0. The van der Waals surface area contributed by atoms with Crippen LogP contribution in [0.15, 0.2) is 6.33 Å². The lowest BCUT2D eigenvalue weighted by atomic mass is 9.92. The molecule has 194 valence electrons. The summed E-state index contributed by atoms with van der Waals surface area (Å²) in [5.41, 5.74) is 8.03. The van der Waals surface area contributed by atoms with Gasteiger partial charge >= 0.3 is 0 Å². The highest BCUT2D eigenvalue weighted by molar-refractivity contribution is 5.84. The molecule has 0 atom stereocenters. The smallest absolute Gasteiger partial charge is 0.227 e. The molecule has 2 aliphatic carbocycles. The molecular weight excluding hydrogens is 438 g/mol. The van der Waals surface area contributed by atoms with Crippen molar-refractivity contribution >= 4 is 22.9 Å². The number of imidazole rings is 1. The van der Waals surface area contributed by atoms with Gasteiger partial charge in [-0.05, 0) is 85.0 Å². The summed E-state index contributed by atoms with van der Waals surface area (Å²) < 4.78 is 2.31. The number of fused-ring (bicyclic) bond motifs is 1. The average molecular weight is 484 g/mol. The van der Waals surface area contributed by atoms with Crippen LogP contribution in [-0.2, 0) is 0 Å². The third-order valence-electron chi connectivity index (χ3n) is 8.25. The molecule has 1 aliphatic heterocycles. The molecule has 2 aromatic rings. The summed E-state index contributed by atoms with van der Waals surface area (Å²) in [6.07, 6.45) is 14.8. The number of piperidine rings is 1. The van der Waals surface area contributed by atoms with Gasteiger partial charge in [-0.1, -0.05) is 12.8 Å². The molecule has 3 heterocycles. The standard InChI is InChI=1S/C26H45N9/c1-33(2)14-5-15-34-16-12-21(13-17-34)30-26-31-24(29-20-10-8-19(27)9-11-20)23-25(32-26)35(18-28-23)22-6-3-4-7-22/h18-22H,3-17,27H2,1-2H3,(H2,29,30,31,32). The van der Waals surface area contributed by atoms with Crippen molar-refractivity contribution in [3.63, 3.8) is 0 Å². The molecule has 1 saturated heterocycles. The lowest BCUT2D eigenvalue weighted by molar-refractivity contribution is 0.208. The fourth-order valence-corrected chi connectivity index (χ4v) is 6.08. The molecule has 0 aromatic carbocycles. The molecule has 4 N–H and O–H groups in total. The molecule has 3 fully saturated rings. The van der Waals surface area contributed by atoms with Gasteiger partial charge in [-0.25, -0.2) is 4.98 Å². The van der Waals surface area contributed by atoms with Crippen molar-refractivity contribution < 1.29 is 0 Å². The van der Waals surface area contributed by atoms with E-state index in [4.69, 9.17) is 20.7 Å². The number of likely N-dealkylation sites (tertiary alicyclic amines) is 1. The predicted octanol–water partition coefficient (Wildman–Crippen LogP) is 3.45. The molecule has 0 unspecified atom stereocenters. The predicted molar refractivity (Wildman–Crippen MR) is 143 cm³/mol. The van der Waals surface area contributed by atoms with E-state index >= 15 is 0 Å². The van der Waals surface area contributed by atoms with Gasteiger partial charge in [0.15, 0.2) is 17.0 Å². The first-order valence-corrected chi connectivity index (χ1v) is 14.0. The van der Waals surface area contributed by atoms with Crippen LogP contribution in [0.4, 0.5) is 11.8 Å². The molecule has 0 spiro atoms. The molecule has 9 heteroatoms. The zero-order valence-corrected chi connectivity index (χ0v) is 21.8. The highest BCUT2D eigenvalue weighted by atomic mass is 15.2. The molecular formula is C26H45N9. The molecule has 3 aliphatic rings. The van der Waals surface area contributed by atoms with Crippen molar-refractivity contribution in [1.82, 2.24) is 29.3 Å². The monoisotopic (exact) mass is 483 g/mol. The fraction of sp³-hybridized carbons (Fsp3) is 0.808. The second kappa shape index (κ2) is 11.4. The van der Waals surface area contributed by atoms with Gasteiger partial charge in [0.2, 0.25) is 5.95 Å². The Hall–Kier alpha value is -1.97.